The zero-order valence-electron chi connectivity index (χ0n) is 10.5. The summed E-state index contributed by atoms with van der Waals surface area (Å²) in [6.07, 6.45) is 0. The van der Waals surface area contributed by atoms with Crippen molar-refractivity contribution in [1.82, 2.24) is 0 Å². The van der Waals surface area contributed by atoms with Crippen molar-refractivity contribution in [1.29, 1.82) is 0 Å². The maximum atomic E-state index is 11.8. The van der Waals surface area contributed by atoms with Crippen molar-refractivity contribution in [3.8, 4) is 0 Å². The van der Waals surface area contributed by atoms with Gasteiger partial charge in [-0.05, 0) is 29.7 Å². The van der Waals surface area contributed by atoms with Crippen LogP contribution in [0.25, 0.3) is 0 Å². The van der Waals surface area contributed by atoms with E-state index in [0.29, 0.717) is 0 Å². The van der Waals surface area contributed by atoms with Crippen molar-refractivity contribution in [2.24, 2.45) is 0 Å². The molecule has 0 aliphatic carbocycles. The van der Waals surface area contributed by atoms with Gasteiger partial charge in [0.1, 0.15) is 6.61 Å². The number of nitro groups is 1. The Balaban J connectivity index is 3.30. The van der Waals surface area contributed by atoms with Crippen LogP contribution in [-0.2, 0) is 9.09 Å². The molecule has 0 spiro atoms. The Hall–Kier alpha value is -0.970. The summed E-state index contributed by atoms with van der Waals surface area (Å²) < 4.78 is 16.8. The summed E-state index contributed by atoms with van der Waals surface area (Å²) in [6, 6.07) is 3.07. The van der Waals surface area contributed by atoms with Crippen LogP contribution >= 0.6 is 19.8 Å². The van der Waals surface area contributed by atoms with E-state index in [0.717, 1.165) is 16.2 Å². The van der Waals surface area contributed by atoms with Crippen LogP contribution in [-0.4, -0.2) is 17.3 Å². The molecule has 0 N–H and O–H groups in total. The molecule has 0 amide bonds. The zero-order valence-corrected chi connectivity index (χ0v) is 12.2. The van der Waals surface area contributed by atoms with E-state index in [-0.39, 0.29) is 17.6 Å². The quantitative estimate of drug-likeness (QED) is 0.347. The first-order chi connectivity index (χ1) is 8.51. The third-order valence-corrected chi connectivity index (χ3v) is 4.50. The lowest BCUT2D eigenvalue weighted by atomic mass is 10.2. The Morgan fingerprint density at radius 2 is 2.11 bits per heavy atom. The fourth-order valence-corrected chi connectivity index (χ4v) is 3.28. The van der Waals surface area contributed by atoms with Crippen molar-refractivity contribution in [3.05, 3.63) is 27.8 Å². The van der Waals surface area contributed by atoms with Crippen molar-refractivity contribution in [2.45, 2.75) is 25.7 Å². The number of rotatable bonds is 6. The minimum absolute atomic E-state index is 0.137. The smallest absolute Gasteiger partial charge is 0.258 e. The third kappa shape index (κ3) is 3.51. The number of benzene rings is 1. The third-order valence-electron chi connectivity index (χ3n) is 2.21. The first-order valence-electron chi connectivity index (χ1n) is 5.53. The molecule has 1 aromatic rings. The molecule has 7 heteroatoms. The Bertz CT molecular complexity index is 478. The van der Waals surface area contributed by atoms with Gasteiger partial charge < -0.3 is 0 Å². The average Bonchev–Trinajstić information content (AvgIpc) is 2.31. The highest BCUT2D eigenvalue weighted by Gasteiger charge is 2.34. The number of nitrogens with zero attached hydrogens (tertiary/aromatic N) is 1. The molecular weight excluding hydrogens is 273 g/mol. The van der Waals surface area contributed by atoms with Crippen LogP contribution in [0.2, 0.25) is 0 Å². The Morgan fingerprint density at radius 1 is 1.44 bits per heavy atom. The number of hydrogen-bond acceptors (Lipinski definition) is 5. The first-order valence-corrected chi connectivity index (χ1v) is 7.69. The maximum absolute atomic E-state index is 11.8. The summed E-state index contributed by atoms with van der Waals surface area (Å²) in [5, 5.41) is 11.1. The molecule has 0 aromatic heterocycles. The monoisotopic (exact) mass is 288 g/mol. The summed E-state index contributed by atoms with van der Waals surface area (Å²) in [6.45, 7) is 5.77. The lowest BCUT2D eigenvalue weighted by Crippen LogP contribution is -2.08. The molecule has 0 fully saturated rings. The predicted octanol–water partition coefficient (Wildman–Crippen LogP) is 3.42. The van der Waals surface area contributed by atoms with Gasteiger partial charge in [-0.25, -0.2) is 0 Å². The lowest BCUT2D eigenvalue weighted by Gasteiger charge is -2.03. The molecule has 0 radical (unpaired) electrons. The van der Waals surface area contributed by atoms with E-state index in [4.69, 9.17) is 4.52 Å². The van der Waals surface area contributed by atoms with Crippen LogP contribution in [0.15, 0.2) is 17.0 Å². The normalized spacial score (nSPS) is 11.4. The highest BCUT2D eigenvalue weighted by Crippen LogP contribution is 2.32. The molecular formula is C11H15NO4PS+. The molecule has 0 bridgehead atoms. The molecule has 5 nitrogen and oxygen atoms in total. The van der Waals surface area contributed by atoms with E-state index in [1.807, 2.05) is 13.8 Å². The fraction of sp³-hybridized carbons (Fsp3) is 0.455. The Morgan fingerprint density at radius 3 is 2.61 bits per heavy atom. The summed E-state index contributed by atoms with van der Waals surface area (Å²) in [4.78, 5) is 11.4. The van der Waals surface area contributed by atoms with Gasteiger partial charge in [0.15, 0.2) is 0 Å². The molecule has 1 rings (SSSR count). The second-order valence-electron chi connectivity index (χ2n) is 3.47. The SMILES string of the molecule is CCO[P+](=O)c1cc(SCC)c(C)cc1[N+](=O)[O-]. The predicted molar refractivity (Wildman–Crippen MR) is 73.1 cm³/mol. The van der Waals surface area contributed by atoms with Gasteiger partial charge in [0.2, 0.25) is 0 Å². The standard InChI is InChI=1S/C11H15NO4PS/c1-4-16-17(15)10-7-11(18-5-2)8(3)6-9(10)12(13)14/h6-7H,4-5H2,1-3H3/q+1. The second-order valence-corrected chi connectivity index (χ2v) is 6.03. The van der Waals surface area contributed by atoms with Gasteiger partial charge in [0.05, 0.1) is 4.92 Å². The number of aryl methyl sites for hydroxylation is 1. The molecule has 0 saturated heterocycles. The lowest BCUT2D eigenvalue weighted by molar-refractivity contribution is -0.383. The summed E-state index contributed by atoms with van der Waals surface area (Å²) >= 11 is 1.57. The van der Waals surface area contributed by atoms with Gasteiger partial charge in [-0.15, -0.1) is 16.3 Å². The molecule has 0 aliphatic heterocycles. The summed E-state index contributed by atoms with van der Waals surface area (Å²) in [5.74, 6) is 0.851. The first kappa shape index (κ1) is 15.1. The van der Waals surface area contributed by atoms with Gasteiger partial charge in [-0.1, -0.05) is 6.92 Å². The molecule has 18 heavy (non-hydrogen) atoms. The topological polar surface area (TPSA) is 69.4 Å². The van der Waals surface area contributed by atoms with Gasteiger partial charge in [0.25, 0.3) is 0 Å². The van der Waals surface area contributed by atoms with Crippen molar-refractivity contribution in [3.63, 3.8) is 0 Å². The van der Waals surface area contributed by atoms with E-state index in [9.17, 15) is 14.7 Å². The second kappa shape index (κ2) is 6.83. The average molecular weight is 288 g/mol. The minimum atomic E-state index is -2.17. The maximum Gasteiger partial charge on any atom is 0.556 e. The van der Waals surface area contributed by atoms with Crippen LogP contribution in [0, 0.1) is 17.0 Å². The van der Waals surface area contributed by atoms with E-state index in [1.54, 1.807) is 24.8 Å². The minimum Gasteiger partial charge on any atom is -0.258 e. The highest BCUT2D eigenvalue weighted by atomic mass is 32.2. The number of nitro benzene ring substituents is 1. The van der Waals surface area contributed by atoms with E-state index < -0.39 is 13.0 Å². The molecule has 1 aromatic carbocycles. The van der Waals surface area contributed by atoms with Crippen LogP contribution in [0.1, 0.15) is 19.4 Å². The zero-order chi connectivity index (χ0) is 13.7. The van der Waals surface area contributed by atoms with Crippen LogP contribution in [0.3, 0.4) is 0 Å². The summed E-state index contributed by atoms with van der Waals surface area (Å²) in [5.41, 5.74) is 0.680. The summed E-state index contributed by atoms with van der Waals surface area (Å²) in [7, 11) is -2.17. The van der Waals surface area contributed by atoms with Gasteiger partial charge in [-0.2, -0.15) is 0 Å². The van der Waals surface area contributed by atoms with Gasteiger partial charge >= 0.3 is 19.0 Å². The number of thioether (sulfide) groups is 1. The van der Waals surface area contributed by atoms with Crippen LogP contribution in [0.4, 0.5) is 5.69 Å². The van der Waals surface area contributed by atoms with Crippen molar-refractivity contribution >= 4 is 30.8 Å². The van der Waals surface area contributed by atoms with E-state index in [1.165, 1.54) is 6.07 Å². The van der Waals surface area contributed by atoms with Gasteiger partial charge in [-0.3, -0.25) is 10.1 Å². The molecule has 0 aliphatic rings. The van der Waals surface area contributed by atoms with Crippen molar-refractivity contribution in [2.75, 3.05) is 12.4 Å². The molecule has 0 saturated carbocycles. The largest absolute Gasteiger partial charge is 0.556 e. The van der Waals surface area contributed by atoms with E-state index in [2.05, 4.69) is 0 Å². The Kier molecular flexibility index (Phi) is 5.72. The molecule has 98 valence electrons. The van der Waals surface area contributed by atoms with Crippen molar-refractivity contribution < 1.29 is 14.0 Å². The fourth-order valence-electron chi connectivity index (χ4n) is 1.45. The highest BCUT2D eigenvalue weighted by molar-refractivity contribution is 7.99. The van der Waals surface area contributed by atoms with Crippen LogP contribution in [0.5, 0.6) is 0 Å². The number of hydrogen-bond donors (Lipinski definition) is 0. The molecule has 0 heterocycles. The van der Waals surface area contributed by atoms with Gasteiger partial charge in [0, 0.05) is 17.0 Å². The van der Waals surface area contributed by atoms with E-state index >= 15 is 0 Å². The van der Waals surface area contributed by atoms with Crippen LogP contribution < -0.4 is 5.30 Å². The molecule has 1 unspecified atom stereocenters. The molecule has 1 atom stereocenters. The Labute approximate surface area is 111 Å².